The molecule has 0 aliphatic rings. The van der Waals surface area contributed by atoms with Crippen molar-refractivity contribution in [3.8, 4) is 5.75 Å². The van der Waals surface area contributed by atoms with Gasteiger partial charge in [0.1, 0.15) is 11.6 Å². The zero-order valence-corrected chi connectivity index (χ0v) is 15.4. The highest BCUT2D eigenvalue weighted by atomic mass is 19.1. The lowest BCUT2D eigenvalue weighted by Gasteiger charge is -2.18. The van der Waals surface area contributed by atoms with Crippen LogP contribution >= 0.6 is 0 Å². The number of amides is 1. The number of carbonyl (C=O) groups excluding carboxylic acids is 1. The highest BCUT2D eigenvalue weighted by Gasteiger charge is 2.16. The Morgan fingerprint density at radius 1 is 1.15 bits per heavy atom. The van der Waals surface area contributed by atoms with Crippen LogP contribution in [0.4, 0.5) is 4.39 Å². The van der Waals surface area contributed by atoms with E-state index in [1.165, 1.54) is 12.1 Å². The Morgan fingerprint density at radius 3 is 2.48 bits per heavy atom. The van der Waals surface area contributed by atoms with Crippen molar-refractivity contribution in [2.75, 3.05) is 6.61 Å². The molecule has 5 nitrogen and oxygen atoms in total. The van der Waals surface area contributed by atoms with Gasteiger partial charge >= 0.3 is 5.97 Å². The van der Waals surface area contributed by atoms with E-state index in [-0.39, 0.29) is 23.7 Å². The molecule has 0 bridgehead atoms. The van der Waals surface area contributed by atoms with E-state index >= 15 is 0 Å². The first-order valence-electron chi connectivity index (χ1n) is 8.84. The molecule has 2 unspecified atom stereocenters. The Morgan fingerprint density at radius 2 is 1.85 bits per heavy atom. The molecule has 2 N–H and O–H groups in total. The second-order valence-electron chi connectivity index (χ2n) is 6.55. The molecule has 2 aromatic rings. The van der Waals surface area contributed by atoms with Gasteiger partial charge < -0.3 is 15.2 Å². The smallest absolute Gasteiger partial charge is 0.341 e. The van der Waals surface area contributed by atoms with Gasteiger partial charge in [-0.25, -0.2) is 9.18 Å². The molecule has 1 amide bonds. The minimum Gasteiger partial charge on any atom is -0.482 e. The number of carbonyl (C=O) groups is 2. The Hall–Kier alpha value is -2.89. The lowest BCUT2D eigenvalue weighted by Crippen LogP contribution is -2.31. The minimum absolute atomic E-state index is 0.0647. The van der Waals surface area contributed by atoms with Crippen molar-refractivity contribution in [3.63, 3.8) is 0 Å². The lowest BCUT2D eigenvalue weighted by atomic mass is 9.99. The Labute approximate surface area is 158 Å². The fourth-order valence-corrected chi connectivity index (χ4v) is 2.64. The van der Waals surface area contributed by atoms with Crippen molar-refractivity contribution in [2.45, 2.75) is 32.7 Å². The summed E-state index contributed by atoms with van der Waals surface area (Å²) >= 11 is 0. The number of carboxylic acid groups (broad SMARTS) is 1. The van der Waals surface area contributed by atoms with E-state index in [0.29, 0.717) is 18.6 Å². The second-order valence-corrected chi connectivity index (χ2v) is 6.55. The van der Waals surface area contributed by atoms with Crippen molar-refractivity contribution in [1.29, 1.82) is 0 Å². The van der Waals surface area contributed by atoms with Gasteiger partial charge in [-0.3, -0.25) is 4.79 Å². The van der Waals surface area contributed by atoms with Gasteiger partial charge in [0.2, 0.25) is 5.91 Å². The number of aryl methyl sites for hydroxylation is 1. The van der Waals surface area contributed by atoms with Crippen molar-refractivity contribution in [3.05, 3.63) is 65.5 Å². The SMILES string of the molecule is CC(CCc1cccc(F)c1)C(=O)NC(C)c1ccc(OCC(=O)O)cc1. The monoisotopic (exact) mass is 373 g/mol. The molecular formula is C21H24FNO4. The van der Waals surface area contributed by atoms with Crippen molar-refractivity contribution < 1.29 is 23.8 Å². The zero-order chi connectivity index (χ0) is 19.8. The van der Waals surface area contributed by atoms with Gasteiger partial charge in [0, 0.05) is 5.92 Å². The molecule has 0 saturated heterocycles. The fourth-order valence-electron chi connectivity index (χ4n) is 2.64. The molecule has 0 heterocycles. The third kappa shape index (κ3) is 6.73. The van der Waals surface area contributed by atoms with Crippen molar-refractivity contribution in [1.82, 2.24) is 5.32 Å². The molecule has 0 aromatic heterocycles. The van der Waals surface area contributed by atoms with E-state index in [1.807, 2.05) is 19.9 Å². The van der Waals surface area contributed by atoms with Gasteiger partial charge in [0.25, 0.3) is 0 Å². The molecule has 2 rings (SSSR count). The molecule has 0 radical (unpaired) electrons. The van der Waals surface area contributed by atoms with E-state index in [4.69, 9.17) is 9.84 Å². The highest BCUT2D eigenvalue weighted by molar-refractivity contribution is 5.78. The summed E-state index contributed by atoms with van der Waals surface area (Å²) < 4.78 is 18.3. The van der Waals surface area contributed by atoms with Crippen LogP contribution in [0.5, 0.6) is 5.75 Å². The molecule has 2 atom stereocenters. The normalized spacial score (nSPS) is 12.9. The average Bonchev–Trinajstić information content (AvgIpc) is 2.64. The molecular weight excluding hydrogens is 349 g/mol. The summed E-state index contributed by atoms with van der Waals surface area (Å²) in [6.07, 6.45) is 1.26. The predicted octanol–water partition coefficient (Wildman–Crippen LogP) is 3.74. The number of aliphatic carboxylic acids is 1. The van der Waals surface area contributed by atoms with Crippen molar-refractivity contribution in [2.24, 2.45) is 5.92 Å². The van der Waals surface area contributed by atoms with Crippen LogP contribution in [0, 0.1) is 11.7 Å². The Balaban J connectivity index is 1.83. The first-order valence-corrected chi connectivity index (χ1v) is 8.84. The molecule has 27 heavy (non-hydrogen) atoms. The number of nitrogens with one attached hydrogen (secondary N) is 1. The zero-order valence-electron chi connectivity index (χ0n) is 15.4. The topological polar surface area (TPSA) is 75.6 Å². The number of ether oxygens (including phenoxy) is 1. The molecule has 0 aliphatic heterocycles. The number of carboxylic acids is 1. The number of rotatable bonds is 9. The molecule has 144 valence electrons. The first kappa shape index (κ1) is 20.4. The number of halogens is 1. The Kier molecular flexibility index (Phi) is 7.34. The van der Waals surface area contributed by atoms with Crippen molar-refractivity contribution >= 4 is 11.9 Å². The number of hydrogen-bond donors (Lipinski definition) is 2. The fraction of sp³-hybridized carbons (Fsp3) is 0.333. The van der Waals surface area contributed by atoms with Crippen LogP contribution in [0.25, 0.3) is 0 Å². The van der Waals surface area contributed by atoms with Crippen LogP contribution < -0.4 is 10.1 Å². The minimum atomic E-state index is -1.04. The lowest BCUT2D eigenvalue weighted by molar-refractivity contribution is -0.139. The molecule has 6 heteroatoms. The molecule has 0 fully saturated rings. The van der Waals surface area contributed by atoms with E-state index in [2.05, 4.69) is 5.32 Å². The van der Waals surface area contributed by atoms with Gasteiger partial charge in [0.05, 0.1) is 6.04 Å². The van der Waals surface area contributed by atoms with E-state index in [9.17, 15) is 14.0 Å². The summed E-state index contributed by atoms with van der Waals surface area (Å²) in [5.41, 5.74) is 1.77. The largest absolute Gasteiger partial charge is 0.482 e. The van der Waals surface area contributed by atoms with Crippen LogP contribution in [-0.2, 0) is 16.0 Å². The maximum atomic E-state index is 13.2. The molecule has 0 saturated carbocycles. The van der Waals surface area contributed by atoms with Gasteiger partial charge in [-0.1, -0.05) is 31.2 Å². The second kappa shape index (κ2) is 9.71. The Bertz CT molecular complexity index is 776. The maximum absolute atomic E-state index is 13.2. The van der Waals surface area contributed by atoms with E-state index in [1.54, 1.807) is 30.3 Å². The third-order valence-electron chi connectivity index (χ3n) is 4.30. The molecule has 2 aromatic carbocycles. The first-order chi connectivity index (χ1) is 12.8. The number of hydrogen-bond acceptors (Lipinski definition) is 3. The average molecular weight is 373 g/mol. The summed E-state index contributed by atoms with van der Waals surface area (Å²) in [7, 11) is 0. The number of benzene rings is 2. The van der Waals surface area contributed by atoms with Crippen LogP contribution in [0.1, 0.15) is 37.4 Å². The molecule has 0 spiro atoms. The van der Waals surface area contributed by atoms with Crippen LogP contribution in [0.3, 0.4) is 0 Å². The maximum Gasteiger partial charge on any atom is 0.341 e. The summed E-state index contributed by atoms with van der Waals surface area (Å²) in [5, 5.41) is 11.6. The van der Waals surface area contributed by atoms with E-state index in [0.717, 1.165) is 11.1 Å². The standard InChI is InChI=1S/C21H24FNO4/c1-14(6-7-16-4-3-5-18(22)12-16)21(26)23-15(2)17-8-10-19(11-9-17)27-13-20(24)25/h3-5,8-12,14-15H,6-7,13H2,1-2H3,(H,23,26)(H,24,25). The predicted molar refractivity (Wildman–Crippen MR) is 100 cm³/mol. The van der Waals surface area contributed by atoms with Gasteiger partial charge in [-0.15, -0.1) is 0 Å². The quantitative estimate of drug-likeness (QED) is 0.702. The highest BCUT2D eigenvalue weighted by Crippen LogP contribution is 2.19. The summed E-state index contributed by atoms with van der Waals surface area (Å²) in [4.78, 5) is 22.9. The van der Waals surface area contributed by atoms with Crippen LogP contribution in [0.2, 0.25) is 0 Å². The summed E-state index contributed by atoms with van der Waals surface area (Å²) in [6, 6.07) is 13.1. The van der Waals surface area contributed by atoms with Crippen LogP contribution in [0.15, 0.2) is 48.5 Å². The van der Waals surface area contributed by atoms with Crippen LogP contribution in [-0.4, -0.2) is 23.6 Å². The van der Waals surface area contributed by atoms with Gasteiger partial charge in [0.15, 0.2) is 6.61 Å². The van der Waals surface area contributed by atoms with Gasteiger partial charge in [-0.2, -0.15) is 0 Å². The van der Waals surface area contributed by atoms with Gasteiger partial charge in [-0.05, 0) is 55.2 Å². The third-order valence-corrected chi connectivity index (χ3v) is 4.30. The summed E-state index contributed by atoms with van der Waals surface area (Å²) in [6.45, 7) is 3.34. The molecule has 0 aliphatic carbocycles. The van der Waals surface area contributed by atoms with E-state index < -0.39 is 12.6 Å². The summed E-state index contributed by atoms with van der Waals surface area (Å²) in [5.74, 6) is -1.11.